The van der Waals surface area contributed by atoms with Crippen molar-refractivity contribution < 1.29 is 14.0 Å². The van der Waals surface area contributed by atoms with Gasteiger partial charge in [0, 0.05) is 25.3 Å². The largest absolute Gasteiger partial charge is 0.497 e. The summed E-state index contributed by atoms with van der Waals surface area (Å²) in [6.07, 6.45) is 0.634. The SMILES string of the molecule is COc1ccc(-c2nc(CC(C)OC)no2)c(N)c1. The highest BCUT2D eigenvalue weighted by atomic mass is 16.5. The van der Waals surface area contributed by atoms with Crippen LogP contribution in [0.1, 0.15) is 12.7 Å². The zero-order chi connectivity index (χ0) is 13.8. The molecule has 102 valence electrons. The molecular formula is C13H17N3O3. The lowest BCUT2D eigenvalue weighted by atomic mass is 10.1. The highest BCUT2D eigenvalue weighted by Crippen LogP contribution is 2.28. The number of aromatic nitrogens is 2. The van der Waals surface area contributed by atoms with E-state index in [-0.39, 0.29) is 6.10 Å². The molecule has 1 aromatic carbocycles. The average Bonchev–Trinajstić information content (AvgIpc) is 2.86. The molecule has 0 fully saturated rings. The molecule has 2 rings (SSSR count). The van der Waals surface area contributed by atoms with Gasteiger partial charge in [-0.05, 0) is 19.1 Å². The molecule has 0 bridgehead atoms. The van der Waals surface area contributed by atoms with Gasteiger partial charge < -0.3 is 19.7 Å². The summed E-state index contributed by atoms with van der Waals surface area (Å²) in [4.78, 5) is 4.31. The molecule has 0 radical (unpaired) electrons. The molecular weight excluding hydrogens is 246 g/mol. The van der Waals surface area contributed by atoms with Crippen LogP contribution in [0, 0.1) is 0 Å². The zero-order valence-corrected chi connectivity index (χ0v) is 11.2. The highest BCUT2D eigenvalue weighted by Gasteiger charge is 2.14. The normalized spacial score (nSPS) is 12.4. The fourth-order valence-electron chi connectivity index (χ4n) is 1.65. The number of benzene rings is 1. The van der Waals surface area contributed by atoms with E-state index in [1.165, 1.54) is 0 Å². The smallest absolute Gasteiger partial charge is 0.260 e. The second kappa shape index (κ2) is 5.71. The quantitative estimate of drug-likeness (QED) is 0.829. The van der Waals surface area contributed by atoms with Crippen LogP contribution in [0.25, 0.3) is 11.5 Å². The summed E-state index contributed by atoms with van der Waals surface area (Å²) in [5, 5.41) is 3.91. The van der Waals surface area contributed by atoms with Gasteiger partial charge in [0.2, 0.25) is 0 Å². The minimum Gasteiger partial charge on any atom is -0.497 e. The fraction of sp³-hybridized carbons (Fsp3) is 0.385. The standard InChI is InChI=1S/C13H17N3O3/c1-8(17-2)6-12-15-13(19-16-12)10-5-4-9(18-3)7-11(10)14/h4-5,7-8H,6,14H2,1-3H3. The van der Waals surface area contributed by atoms with Crippen molar-refractivity contribution in [3.05, 3.63) is 24.0 Å². The predicted octanol–water partition coefficient (Wildman–Crippen LogP) is 1.90. The van der Waals surface area contributed by atoms with E-state index in [0.717, 1.165) is 0 Å². The Morgan fingerprint density at radius 3 is 2.79 bits per heavy atom. The molecule has 1 aromatic heterocycles. The van der Waals surface area contributed by atoms with Gasteiger partial charge >= 0.3 is 0 Å². The van der Waals surface area contributed by atoms with E-state index in [1.807, 2.05) is 6.92 Å². The van der Waals surface area contributed by atoms with Gasteiger partial charge in [0.25, 0.3) is 5.89 Å². The molecule has 0 aliphatic rings. The van der Waals surface area contributed by atoms with Crippen molar-refractivity contribution in [2.45, 2.75) is 19.4 Å². The molecule has 1 unspecified atom stereocenters. The minimum atomic E-state index is 0.0404. The van der Waals surface area contributed by atoms with Crippen LogP contribution in [0.4, 0.5) is 5.69 Å². The molecule has 0 saturated carbocycles. The summed E-state index contributed by atoms with van der Waals surface area (Å²) in [6, 6.07) is 5.32. The van der Waals surface area contributed by atoms with Crippen LogP contribution < -0.4 is 10.5 Å². The van der Waals surface area contributed by atoms with E-state index in [1.54, 1.807) is 32.4 Å². The summed E-state index contributed by atoms with van der Waals surface area (Å²) >= 11 is 0. The summed E-state index contributed by atoms with van der Waals surface area (Å²) in [6.45, 7) is 1.94. The second-order valence-electron chi connectivity index (χ2n) is 4.22. The van der Waals surface area contributed by atoms with Crippen LogP contribution in [0.15, 0.2) is 22.7 Å². The number of anilines is 1. The van der Waals surface area contributed by atoms with E-state index in [0.29, 0.717) is 35.1 Å². The maximum atomic E-state index is 5.93. The maximum Gasteiger partial charge on any atom is 0.260 e. The van der Waals surface area contributed by atoms with Crippen LogP contribution in [0.2, 0.25) is 0 Å². The van der Waals surface area contributed by atoms with Gasteiger partial charge in [-0.25, -0.2) is 0 Å². The van der Waals surface area contributed by atoms with Gasteiger partial charge in [-0.3, -0.25) is 0 Å². The summed E-state index contributed by atoms with van der Waals surface area (Å²) in [5.74, 6) is 1.69. The van der Waals surface area contributed by atoms with Crippen molar-refractivity contribution in [3.63, 3.8) is 0 Å². The molecule has 1 heterocycles. The molecule has 0 saturated heterocycles. The Morgan fingerprint density at radius 1 is 1.37 bits per heavy atom. The molecule has 6 nitrogen and oxygen atoms in total. The third kappa shape index (κ3) is 3.03. The fourth-order valence-corrected chi connectivity index (χ4v) is 1.65. The number of hydrogen-bond acceptors (Lipinski definition) is 6. The summed E-state index contributed by atoms with van der Waals surface area (Å²) in [5.41, 5.74) is 7.17. The van der Waals surface area contributed by atoms with Gasteiger partial charge in [0.05, 0.1) is 18.8 Å². The van der Waals surface area contributed by atoms with E-state index in [2.05, 4.69) is 10.1 Å². The van der Waals surface area contributed by atoms with Crippen molar-refractivity contribution in [2.24, 2.45) is 0 Å². The molecule has 0 aliphatic carbocycles. The van der Waals surface area contributed by atoms with E-state index in [4.69, 9.17) is 19.7 Å². The Labute approximate surface area is 111 Å². The zero-order valence-electron chi connectivity index (χ0n) is 11.2. The number of nitrogen functional groups attached to an aromatic ring is 1. The molecule has 0 amide bonds. The lowest BCUT2D eigenvalue weighted by Gasteiger charge is -2.04. The van der Waals surface area contributed by atoms with Crippen LogP contribution >= 0.6 is 0 Å². The first-order chi connectivity index (χ1) is 9.13. The Hall–Kier alpha value is -2.08. The van der Waals surface area contributed by atoms with Gasteiger partial charge in [0.15, 0.2) is 5.82 Å². The number of nitrogens with zero attached hydrogens (tertiary/aromatic N) is 2. The van der Waals surface area contributed by atoms with Crippen molar-refractivity contribution in [2.75, 3.05) is 20.0 Å². The molecule has 6 heteroatoms. The van der Waals surface area contributed by atoms with Gasteiger partial charge in [-0.2, -0.15) is 4.98 Å². The van der Waals surface area contributed by atoms with Gasteiger partial charge in [-0.15, -0.1) is 0 Å². The van der Waals surface area contributed by atoms with Gasteiger partial charge in [-0.1, -0.05) is 5.16 Å². The van der Waals surface area contributed by atoms with Crippen LogP contribution in [0.3, 0.4) is 0 Å². The van der Waals surface area contributed by atoms with Crippen LogP contribution in [-0.2, 0) is 11.2 Å². The molecule has 2 aromatic rings. The number of rotatable bonds is 5. The monoisotopic (exact) mass is 263 g/mol. The topological polar surface area (TPSA) is 83.4 Å². The number of nitrogens with two attached hydrogens (primary N) is 1. The average molecular weight is 263 g/mol. The lowest BCUT2D eigenvalue weighted by Crippen LogP contribution is -2.09. The molecule has 19 heavy (non-hydrogen) atoms. The molecule has 2 N–H and O–H groups in total. The van der Waals surface area contributed by atoms with Crippen molar-refractivity contribution in [3.8, 4) is 17.2 Å². The minimum absolute atomic E-state index is 0.0404. The first kappa shape index (κ1) is 13.4. The second-order valence-corrected chi connectivity index (χ2v) is 4.22. The maximum absolute atomic E-state index is 5.93. The van der Waals surface area contributed by atoms with Gasteiger partial charge in [0.1, 0.15) is 5.75 Å². The molecule has 0 aliphatic heterocycles. The summed E-state index contributed by atoms with van der Waals surface area (Å²) < 4.78 is 15.5. The van der Waals surface area contributed by atoms with Crippen LogP contribution in [0.5, 0.6) is 5.75 Å². The predicted molar refractivity (Wildman–Crippen MR) is 70.9 cm³/mol. The Kier molecular flexibility index (Phi) is 4.01. The number of hydrogen-bond donors (Lipinski definition) is 1. The van der Waals surface area contributed by atoms with E-state index >= 15 is 0 Å². The highest BCUT2D eigenvalue weighted by molar-refractivity contribution is 5.71. The Bertz CT molecular complexity index is 554. The number of ether oxygens (including phenoxy) is 2. The van der Waals surface area contributed by atoms with Crippen molar-refractivity contribution in [1.82, 2.24) is 10.1 Å². The first-order valence-corrected chi connectivity index (χ1v) is 5.93. The first-order valence-electron chi connectivity index (χ1n) is 5.93. The molecule has 0 spiro atoms. The van der Waals surface area contributed by atoms with Crippen molar-refractivity contribution >= 4 is 5.69 Å². The Balaban J connectivity index is 2.23. The Morgan fingerprint density at radius 2 is 2.16 bits per heavy atom. The third-order valence-corrected chi connectivity index (χ3v) is 2.83. The number of methoxy groups -OCH3 is 2. The lowest BCUT2D eigenvalue weighted by molar-refractivity contribution is 0.116. The molecule has 1 atom stereocenters. The third-order valence-electron chi connectivity index (χ3n) is 2.83. The van der Waals surface area contributed by atoms with E-state index in [9.17, 15) is 0 Å². The van der Waals surface area contributed by atoms with Crippen molar-refractivity contribution in [1.29, 1.82) is 0 Å². The van der Waals surface area contributed by atoms with Crippen LogP contribution in [-0.4, -0.2) is 30.5 Å². The summed E-state index contributed by atoms with van der Waals surface area (Å²) in [7, 11) is 3.23. The van der Waals surface area contributed by atoms with E-state index < -0.39 is 0 Å².